The number of aromatic carboxylic acids is 1. The summed E-state index contributed by atoms with van der Waals surface area (Å²) in [6, 6.07) is 2.67. The third-order valence-corrected chi connectivity index (χ3v) is 1.58. The number of hydrogen-bond donors (Lipinski definition) is 3. The monoisotopic (exact) mass is 168 g/mol. The maximum Gasteiger partial charge on any atom is 0.339 e. The van der Waals surface area contributed by atoms with Crippen molar-refractivity contribution in [1.82, 2.24) is 0 Å². The third kappa shape index (κ3) is 1.18. The number of rotatable bonds is 1. The molecule has 4 nitrogen and oxygen atoms in total. The molecule has 1 aromatic rings. The van der Waals surface area contributed by atoms with E-state index in [1.54, 1.807) is 6.92 Å². The highest BCUT2D eigenvalue weighted by atomic mass is 16.4. The number of aromatic hydroxyl groups is 2. The zero-order chi connectivity index (χ0) is 9.30. The van der Waals surface area contributed by atoms with Crippen LogP contribution in [0.4, 0.5) is 0 Å². The molecule has 0 aliphatic carbocycles. The van der Waals surface area contributed by atoms with Gasteiger partial charge in [-0.1, -0.05) is 6.07 Å². The molecule has 3 N–H and O–H groups in total. The average Bonchev–Trinajstić information content (AvgIpc) is 2.00. The standard InChI is InChI=1S/C8H8O4/c1-4-2-3-5(8(11)12)7(10)6(4)9/h2-3,9-10H,1H3,(H,11,12). The van der Waals surface area contributed by atoms with E-state index in [2.05, 4.69) is 0 Å². The van der Waals surface area contributed by atoms with Gasteiger partial charge in [-0.15, -0.1) is 0 Å². The number of phenolic OH excluding ortho intramolecular Hbond substituents is 1. The lowest BCUT2D eigenvalue weighted by atomic mass is 10.1. The van der Waals surface area contributed by atoms with Crippen molar-refractivity contribution < 1.29 is 20.1 Å². The highest BCUT2D eigenvalue weighted by Crippen LogP contribution is 2.31. The molecule has 64 valence electrons. The molecular formula is C8H8O4. The lowest BCUT2D eigenvalue weighted by Crippen LogP contribution is -1.96. The van der Waals surface area contributed by atoms with E-state index in [-0.39, 0.29) is 11.3 Å². The molecule has 0 saturated heterocycles. The van der Waals surface area contributed by atoms with Gasteiger partial charge in [0, 0.05) is 0 Å². The lowest BCUT2D eigenvalue weighted by molar-refractivity contribution is 0.0693. The average molecular weight is 168 g/mol. The molecule has 4 heteroatoms. The molecule has 0 spiro atoms. The van der Waals surface area contributed by atoms with Crippen molar-refractivity contribution in [3.63, 3.8) is 0 Å². The van der Waals surface area contributed by atoms with E-state index in [9.17, 15) is 4.79 Å². The quantitative estimate of drug-likeness (QED) is 0.549. The van der Waals surface area contributed by atoms with Crippen LogP contribution in [0.25, 0.3) is 0 Å². The van der Waals surface area contributed by atoms with E-state index in [1.165, 1.54) is 12.1 Å². The van der Waals surface area contributed by atoms with Crippen molar-refractivity contribution in [2.24, 2.45) is 0 Å². The van der Waals surface area contributed by atoms with Gasteiger partial charge in [-0.2, -0.15) is 0 Å². The summed E-state index contributed by atoms with van der Waals surface area (Å²) < 4.78 is 0. The second-order valence-corrected chi connectivity index (χ2v) is 2.43. The second-order valence-electron chi connectivity index (χ2n) is 2.43. The molecule has 1 aromatic carbocycles. The molecule has 0 saturated carbocycles. The minimum Gasteiger partial charge on any atom is -0.504 e. The Labute approximate surface area is 68.7 Å². The van der Waals surface area contributed by atoms with E-state index in [0.29, 0.717) is 5.56 Å². The van der Waals surface area contributed by atoms with Gasteiger partial charge >= 0.3 is 5.97 Å². The zero-order valence-corrected chi connectivity index (χ0v) is 6.40. The van der Waals surface area contributed by atoms with Crippen LogP contribution in [0.5, 0.6) is 11.5 Å². The summed E-state index contributed by atoms with van der Waals surface area (Å²) in [4.78, 5) is 10.4. The van der Waals surface area contributed by atoms with E-state index in [0.717, 1.165) is 0 Å². The van der Waals surface area contributed by atoms with E-state index in [1.807, 2.05) is 0 Å². The third-order valence-electron chi connectivity index (χ3n) is 1.58. The molecule has 0 bridgehead atoms. The van der Waals surface area contributed by atoms with Gasteiger partial charge < -0.3 is 15.3 Å². The maximum absolute atomic E-state index is 10.4. The van der Waals surface area contributed by atoms with Crippen molar-refractivity contribution in [2.45, 2.75) is 6.92 Å². The first kappa shape index (κ1) is 8.39. The summed E-state index contributed by atoms with van der Waals surface area (Å²) in [5.74, 6) is -2.22. The summed E-state index contributed by atoms with van der Waals surface area (Å²) in [5.41, 5.74) is 0.149. The van der Waals surface area contributed by atoms with Crippen LogP contribution in [0, 0.1) is 6.92 Å². The number of hydrogen-bond acceptors (Lipinski definition) is 3. The molecule has 0 aliphatic rings. The summed E-state index contributed by atoms with van der Waals surface area (Å²) in [5, 5.41) is 26.8. The maximum atomic E-state index is 10.4. The fourth-order valence-corrected chi connectivity index (χ4v) is 0.853. The van der Waals surface area contributed by atoms with E-state index >= 15 is 0 Å². The Balaban J connectivity index is 3.36. The van der Waals surface area contributed by atoms with Crippen molar-refractivity contribution >= 4 is 5.97 Å². The molecule has 0 atom stereocenters. The number of carboxylic acids is 1. The van der Waals surface area contributed by atoms with Crippen LogP contribution in [-0.2, 0) is 0 Å². The van der Waals surface area contributed by atoms with Crippen LogP contribution in [-0.4, -0.2) is 21.3 Å². The Kier molecular flexibility index (Phi) is 1.91. The first-order valence-electron chi connectivity index (χ1n) is 3.29. The van der Waals surface area contributed by atoms with Gasteiger partial charge in [-0.05, 0) is 18.6 Å². The number of phenols is 2. The van der Waals surface area contributed by atoms with Crippen LogP contribution in [0.2, 0.25) is 0 Å². The van der Waals surface area contributed by atoms with E-state index < -0.39 is 11.7 Å². The van der Waals surface area contributed by atoms with Crippen LogP contribution in [0.3, 0.4) is 0 Å². The van der Waals surface area contributed by atoms with Crippen LogP contribution in [0.15, 0.2) is 12.1 Å². The minimum absolute atomic E-state index is 0.293. The van der Waals surface area contributed by atoms with Crippen LogP contribution >= 0.6 is 0 Å². The van der Waals surface area contributed by atoms with Crippen molar-refractivity contribution in [2.75, 3.05) is 0 Å². The molecular weight excluding hydrogens is 160 g/mol. The number of benzene rings is 1. The SMILES string of the molecule is Cc1ccc(C(=O)O)c(O)c1O. The second kappa shape index (κ2) is 2.73. The van der Waals surface area contributed by atoms with Crippen molar-refractivity contribution in [3.05, 3.63) is 23.3 Å². The Morgan fingerprint density at radius 3 is 2.33 bits per heavy atom. The first-order chi connectivity index (χ1) is 5.54. The molecule has 1 rings (SSSR count). The van der Waals surface area contributed by atoms with Crippen molar-refractivity contribution in [3.8, 4) is 11.5 Å². The zero-order valence-electron chi connectivity index (χ0n) is 6.40. The predicted molar refractivity (Wildman–Crippen MR) is 41.5 cm³/mol. The highest BCUT2D eigenvalue weighted by Gasteiger charge is 2.13. The molecule has 0 aliphatic heterocycles. The molecule has 0 amide bonds. The first-order valence-corrected chi connectivity index (χ1v) is 3.29. The largest absolute Gasteiger partial charge is 0.504 e. The van der Waals surface area contributed by atoms with Gasteiger partial charge in [0.25, 0.3) is 0 Å². The highest BCUT2D eigenvalue weighted by molar-refractivity contribution is 5.92. The fourth-order valence-electron chi connectivity index (χ4n) is 0.853. The number of aryl methyl sites for hydroxylation is 1. The molecule has 0 aromatic heterocycles. The Bertz CT molecular complexity index is 330. The number of carboxylic acid groups (broad SMARTS) is 1. The Hall–Kier alpha value is -1.71. The van der Waals surface area contributed by atoms with Gasteiger partial charge in [0.2, 0.25) is 0 Å². The summed E-state index contributed by atoms with van der Waals surface area (Å²) >= 11 is 0. The lowest BCUT2D eigenvalue weighted by Gasteiger charge is -2.03. The molecule has 12 heavy (non-hydrogen) atoms. The summed E-state index contributed by atoms with van der Waals surface area (Å²) in [7, 11) is 0. The van der Waals surface area contributed by atoms with Gasteiger partial charge in [-0.25, -0.2) is 4.79 Å². The van der Waals surface area contributed by atoms with Gasteiger partial charge in [-0.3, -0.25) is 0 Å². The van der Waals surface area contributed by atoms with E-state index in [4.69, 9.17) is 15.3 Å². The minimum atomic E-state index is -1.26. The van der Waals surface area contributed by atoms with Gasteiger partial charge in [0.05, 0.1) is 0 Å². The molecule has 0 fully saturated rings. The fraction of sp³-hybridized carbons (Fsp3) is 0.125. The van der Waals surface area contributed by atoms with Crippen molar-refractivity contribution in [1.29, 1.82) is 0 Å². The molecule has 0 heterocycles. The van der Waals surface area contributed by atoms with Crippen LogP contribution < -0.4 is 0 Å². The smallest absolute Gasteiger partial charge is 0.339 e. The van der Waals surface area contributed by atoms with Crippen LogP contribution in [0.1, 0.15) is 15.9 Å². The number of carbonyl (C=O) groups is 1. The molecule has 0 radical (unpaired) electrons. The Morgan fingerprint density at radius 1 is 1.25 bits per heavy atom. The summed E-state index contributed by atoms with van der Waals surface area (Å²) in [6.07, 6.45) is 0. The van der Waals surface area contributed by atoms with Gasteiger partial charge in [0.1, 0.15) is 5.56 Å². The molecule has 0 unspecified atom stereocenters. The summed E-state index contributed by atoms with van der Waals surface area (Å²) in [6.45, 7) is 1.57. The normalized spacial score (nSPS) is 9.75. The predicted octanol–water partition coefficient (Wildman–Crippen LogP) is 1.10. The Morgan fingerprint density at radius 2 is 1.83 bits per heavy atom. The topological polar surface area (TPSA) is 77.8 Å². The van der Waals surface area contributed by atoms with Gasteiger partial charge in [0.15, 0.2) is 11.5 Å².